The van der Waals surface area contributed by atoms with E-state index in [0.717, 1.165) is 11.3 Å². The molecule has 0 radical (unpaired) electrons. The molecule has 1 aromatic carbocycles. The highest BCUT2D eigenvalue weighted by Gasteiger charge is 2.00. The summed E-state index contributed by atoms with van der Waals surface area (Å²) in [5.74, 6) is 0.878. The summed E-state index contributed by atoms with van der Waals surface area (Å²) in [5, 5.41) is 0. The lowest BCUT2D eigenvalue weighted by molar-refractivity contribution is -0.512. The Kier molecular flexibility index (Phi) is 3.46. The van der Waals surface area contributed by atoms with E-state index in [1.807, 2.05) is 36.4 Å². The fourth-order valence-electron chi connectivity index (χ4n) is 2.12. The minimum absolute atomic E-state index is 0.878. The molecule has 3 rings (SSSR count). The zero-order valence-corrected chi connectivity index (χ0v) is 11.4. The summed E-state index contributed by atoms with van der Waals surface area (Å²) in [6.07, 6.45) is 8.39. The lowest BCUT2D eigenvalue weighted by Gasteiger charge is -1.99. The van der Waals surface area contributed by atoms with Crippen LogP contribution in [-0.2, 0) is 0 Å². The maximum atomic E-state index is 5.15. The van der Waals surface area contributed by atoms with Crippen LogP contribution in [0.4, 0.5) is 0 Å². The highest BCUT2D eigenvalue weighted by Crippen LogP contribution is 2.13. The molecule has 0 aliphatic heterocycles. The zero-order valence-electron chi connectivity index (χ0n) is 11.4. The fourth-order valence-corrected chi connectivity index (χ4v) is 2.12. The number of rotatable bonds is 3. The molecule has 98 valence electrons. The number of methoxy groups -OCH3 is 1. The van der Waals surface area contributed by atoms with Crippen LogP contribution in [0.2, 0.25) is 0 Å². The van der Waals surface area contributed by atoms with Crippen LogP contribution in [0, 0.1) is 0 Å². The predicted octanol–water partition coefficient (Wildman–Crippen LogP) is 3.60. The molecule has 0 fully saturated rings. The zero-order chi connectivity index (χ0) is 13.8. The molecule has 2 aromatic heterocycles. The first kappa shape index (κ1) is 12.4. The summed E-state index contributed by atoms with van der Waals surface area (Å²) in [6, 6.07) is 18.4. The summed E-state index contributed by atoms with van der Waals surface area (Å²) >= 11 is 0. The standard InChI is InChI=1S/C18H16NO/c1-20-18-11-8-15(9-12-18)5-6-16-7-10-17-4-2-3-13-19(17)14-16/h2-14H,1H3/q+1. The van der Waals surface area contributed by atoms with Crippen LogP contribution in [0.25, 0.3) is 17.7 Å². The van der Waals surface area contributed by atoms with Gasteiger partial charge in [-0.3, -0.25) is 0 Å². The number of fused-ring (bicyclic) bond motifs is 1. The van der Waals surface area contributed by atoms with Gasteiger partial charge in [0, 0.05) is 23.8 Å². The molecule has 3 aromatic rings. The summed E-state index contributed by atoms with van der Waals surface area (Å²) in [7, 11) is 1.68. The van der Waals surface area contributed by atoms with Crippen molar-refractivity contribution in [2.45, 2.75) is 0 Å². The van der Waals surface area contributed by atoms with Gasteiger partial charge in [-0.25, -0.2) is 0 Å². The van der Waals surface area contributed by atoms with Crippen LogP contribution >= 0.6 is 0 Å². The first-order valence-corrected chi connectivity index (χ1v) is 6.57. The second-order valence-corrected chi connectivity index (χ2v) is 4.60. The molecule has 20 heavy (non-hydrogen) atoms. The van der Waals surface area contributed by atoms with Crippen molar-refractivity contribution in [2.75, 3.05) is 7.11 Å². The van der Waals surface area contributed by atoms with Crippen molar-refractivity contribution in [3.8, 4) is 5.75 Å². The molecule has 0 N–H and O–H groups in total. The quantitative estimate of drug-likeness (QED) is 0.657. The van der Waals surface area contributed by atoms with E-state index >= 15 is 0 Å². The Labute approximate surface area is 118 Å². The Morgan fingerprint density at radius 1 is 0.850 bits per heavy atom. The number of hydrogen-bond donors (Lipinski definition) is 0. The minimum Gasteiger partial charge on any atom is -0.497 e. The third kappa shape index (κ3) is 2.69. The average Bonchev–Trinajstić information content (AvgIpc) is 2.53. The van der Waals surface area contributed by atoms with Crippen molar-refractivity contribution in [2.24, 2.45) is 0 Å². The van der Waals surface area contributed by atoms with E-state index in [4.69, 9.17) is 4.74 Å². The lowest BCUT2D eigenvalue weighted by Crippen LogP contribution is -2.20. The van der Waals surface area contributed by atoms with E-state index in [1.165, 1.54) is 11.1 Å². The largest absolute Gasteiger partial charge is 0.497 e. The molecule has 0 saturated carbocycles. The van der Waals surface area contributed by atoms with Gasteiger partial charge in [-0.05, 0) is 35.9 Å². The number of hydrogen-bond acceptors (Lipinski definition) is 1. The van der Waals surface area contributed by atoms with E-state index in [0.29, 0.717) is 0 Å². The van der Waals surface area contributed by atoms with Gasteiger partial charge in [0.1, 0.15) is 5.75 Å². The summed E-state index contributed by atoms with van der Waals surface area (Å²) in [6.45, 7) is 0. The molecule has 0 spiro atoms. The maximum Gasteiger partial charge on any atom is 0.210 e. The monoisotopic (exact) mass is 262 g/mol. The minimum atomic E-state index is 0.878. The molecule has 2 heterocycles. The predicted molar refractivity (Wildman–Crippen MR) is 81.5 cm³/mol. The van der Waals surface area contributed by atoms with Gasteiger partial charge in [0.15, 0.2) is 12.4 Å². The Bertz CT molecular complexity index is 745. The van der Waals surface area contributed by atoms with Gasteiger partial charge in [0.05, 0.1) is 7.11 Å². The van der Waals surface area contributed by atoms with Crippen molar-refractivity contribution in [3.05, 3.63) is 78.1 Å². The first-order valence-electron chi connectivity index (χ1n) is 6.57. The molecular formula is C18H16NO+. The van der Waals surface area contributed by atoms with Gasteiger partial charge in [0.25, 0.3) is 0 Å². The van der Waals surface area contributed by atoms with Crippen LogP contribution in [-0.4, -0.2) is 7.11 Å². The summed E-state index contributed by atoms with van der Waals surface area (Å²) in [5.41, 5.74) is 3.52. The first-order chi connectivity index (χ1) is 9.85. The molecule has 0 aliphatic rings. The van der Waals surface area contributed by atoms with Crippen molar-refractivity contribution in [1.29, 1.82) is 0 Å². The highest BCUT2D eigenvalue weighted by atomic mass is 16.5. The fraction of sp³-hybridized carbons (Fsp3) is 0.0556. The molecular weight excluding hydrogens is 246 g/mol. The van der Waals surface area contributed by atoms with Crippen molar-refractivity contribution >= 4 is 17.7 Å². The van der Waals surface area contributed by atoms with Gasteiger partial charge in [-0.2, -0.15) is 4.40 Å². The van der Waals surface area contributed by atoms with Gasteiger partial charge >= 0.3 is 0 Å². The van der Waals surface area contributed by atoms with Crippen molar-refractivity contribution in [1.82, 2.24) is 0 Å². The van der Waals surface area contributed by atoms with Crippen LogP contribution in [0.1, 0.15) is 11.1 Å². The third-order valence-electron chi connectivity index (χ3n) is 3.24. The summed E-state index contributed by atoms with van der Waals surface area (Å²) in [4.78, 5) is 0. The Morgan fingerprint density at radius 2 is 1.60 bits per heavy atom. The highest BCUT2D eigenvalue weighted by molar-refractivity contribution is 5.69. The SMILES string of the molecule is COc1ccc(C=Cc2ccc3cccc[n+]3c2)cc1. The van der Waals surface area contributed by atoms with E-state index in [9.17, 15) is 0 Å². The molecule has 2 heteroatoms. The number of aromatic nitrogens is 1. The van der Waals surface area contributed by atoms with Gasteiger partial charge in [0.2, 0.25) is 5.52 Å². The van der Waals surface area contributed by atoms with E-state index in [2.05, 4.69) is 47.1 Å². The van der Waals surface area contributed by atoms with Crippen LogP contribution < -0.4 is 9.14 Å². The second-order valence-electron chi connectivity index (χ2n) is 4.60. The van der Waals surface area contributed by atoms with Crippen molar-refractivity contribution in [3.63, 3.8) is 0 Å². The lowest BCUT2D eigenvalue weighted by atomic mass is 10.1. The molecule has 0 bridgehead atoms. The van der Waals surface area contributed by atoms with Crippen LogP contribution in [0.5, 0.6) is 5.75 Å². The second kappa shape index (κ2) is 5.57. The molecule has 0 saturated heterocycles. The Hall–Kier alpha value is -2.61. The third-order valence-corrected chi connectivity index (χ3v) is 3.24. The Balaban J connectivity index is 1.85. The Morgan fingerprint density at radius 3 is 2.40 bits per heavy atom. The van der Waals surface area contributed by atoms with E-state index < -0.39 is 0 Å². The van der Waals surface area contributed by atoms with Crippen LogP contribution in [0.3, 0.4) is 0 Å². The molecule has 2 nitrogen and oxygen atoms in total. The molecule has 0 amide bonds. The van der Waals surface area contributed by atoms with Gasteiger partial charge < -0.3 is 4.74 Å². The smallest absolute Gasteiger partial charge is 0.210 e. The van der Waals surface area contributed by atoms with Crippen molar-refractivity contribution < 1.29 is 9.14 Å². The van der Waals surface area contributed by atoms with Gasteiger partial charge in [-0.1, -0.05) is 18.2 Å². The maximum absolute atomic E-state index is 5.15. The van der Waals surface area contributed by atoms with E-state index in [1.54, 1.807) is 7.11 Å². The number of benzene rings is 1. The topological polar surface area (TPSA) is 13.3 Å². The summed E-state index contributed by atoms with van der Waals surface area (Å²) < 4.78 is 7.27. The van der Waals surface area contributed by atoms with E-state index in [-0.39, 0.29) is 0 Å². The molecule has 0 aliphatic carbocycles. The number of ether oxygens (including phenoxy) is 1. The van der Waals surface area contributed by atoms with Crippen LogP contribution in [0.15, 0.2) is 67.0 Å². The number of pyridine rings is 2. The average molecular weight is 262 g/mol. The number of nitrogens with zero attached hydrogens (tertiary/aromatic N) is 1. The molecule has 0 atom stereocenters. The molecule has 0 unspecified atom stereocenters. The normalized spacial score (nSPS) is 11.1. The van der Waals surface area contributed by atoms with Gasteiger partial charge in [-0.15, -0.1) is 0 Å².